The SMILES string of the molecule is COc1cccc(NC2=C(c3ccccc3OC)C(=O)N(c3ccccc3F)C2=O)c1. The third-order valence-corrected chi connectivity index (χ3v) is 4.89. The van der Waals surface area contributed by atoms with E-state index in [-0.39, 0.29) is 17.0 Å². The van der Waals surface area contributed by atoms with Gasteiger partial charge in [0.25, 0.3) is 11.8 Å². The van der Waals surface area contributed by atoms with Gasteiger partial charge in [0.2, 0.25) is 0 Å². The zero-order valence-corrected chi connectivity index (χ0v) is 16.9. The van der Waals surface area contributed by atoms with E-state index in [1.54, 1.807) is 54.6 Å². The Morgan fingerprint density at radius 2 is 1.58 bits per heavy atom. The molecule has 7 heteroatoms. The van der Waals surface area contributed by atoms with E-state index in [1.165, 1.54) is 32.4 Å². The minimum atomic E-state index is -0.675. The van der Waals surface area contributed by atoms with E-state index in [2.05, 4.69) is 5.32 Å². The van der Waals surface area contributed by atoms with Gasteiger partial charge < -0.3 is 14.8 Å². The van der Waals surface area contributed by atoms with Gasteiger partial charge >= 0.3 is 0 Å². The Labute approximate surface area is 178 Å². The topological polar surface area (TPSA) is 67.9 Å². The lowest BCUT2D eigenvalue weighted by atomic mass is 10.0. The van der Waals surface area contributed by atoms with Crippen LogP contribution in [0.1, 0.15) is 5.56 Å². The Morgan fingerprint density at radius 1 is 0.839 bits per heavy atom. The van der Waals surface area contributed by atoms with Crippen LogP contribution in [-0.2, 0) is 9.59 Å². The summed E-state index contributed by atoms with van der Waals surface area (Å²) in [5.41, 5.74) is 0.956. The number of anilines is 2. The first-order valence-corrected chi connectivity index (χ1v) is 9.47. The molecule has 0 fully saturated rings. The molecule has 3 aromatic carbocycles. The van der Waals surface area contributed by atoms with E-state index in [1.807, 2.05) is 0 Å². The van der Waals surface area contributed by atoms with Gasteiger partial charge in [-0.15, -0.1) is 0 Å². The highest BCUT2D eigenvalue weighted by Gasteiger charge is 2.42. The second-order valence-electron chi connectivity index (χ2n) is 6.70. The lowest BCUT2D eigenvalue weighted by Gasteiger charge is -2.16. The number of hydrogen-bond donors (Lipinski definition) is 1. The summed E-state index contributed by atoms with van der Waals surface area (Å²) in [4.78, 5) is 27.6. The van der Waals surface area contributed by atoms with Crippen molar-refractivity contribution in [2.45, 2.75) is 0 Å². The summed E-state index contributed by atoms with van der Waals surface area (Å²) in [6, 6.07) is 19.4. The molecule has 0 aliphatic carbocycles. The first-order chi connectivity index (χ1) is 15.0. The van der Waals surface area contributed by atoms with E-state index >= 15 is 0 Å². The average Bonchev–Trinajstić information content (AvgIpc) is 3.03. The Balaban J connectivity index is 1.88. The molecule has 0 unspecified atom stereocenters. The predicted octanol–water partition coefficient (Wildman–Crippen LogP) is 4.24. The monoisotopic (exact) mass is 418 g/mol. The van der Waals surface area contributed by atoms with Gasteiger partial charge in [-0.1, -0.05) is 36.4 Å². The van der Waals surface area contributed by atoms with Gasteiger partial charge in [0, 0.05) is 17.3 Å². The number of imide groups is 1. The number of amides is 2. The van der Waals surface area contributed by atoms with Crippen LogP contribution < -0.4 is 19.7 Å². The number of para-hydroxylation sites is 2. The van der Waals surface area contributed by atoms with E-state index in [0.717, 1.165) is 4.90 Å². The summed E-state index contributed by atoms with van der Waals surface area (Å²) in [6.45, 7) is 0. The summed E-state index contributed by atoms with van der Waals surface area (Å²) in [5, 5.41) is 3.02. The van der Waals surface area contributed by atoms with Gasteiger partial charge in [-0.2, -0.15) is 0 Å². The first kappa shape index (κ1) is 20.2. The van der Waals surface area contributed by atoms with Crippen LogP contribution in [-0.4, -0.2) is 26.0 Å². The van der Waals surface area contributed by atoms with Crippen molar-refractivity contribution in [2.24, 2.45) is 0 Å². The van der Waals surface area contributed by atoms with Crippen LogP contribution in [0.3, 0.4) is 0 Å². The maximum Gasteiger partial charge on any atom is 0.282 e. The van der Waals surface area contributed by atoms with Crippen LogP contribution in [0.15, 0.2) is 78.5 Å². The molecule has 2 amide bonds. The number of ether oxygens (including phenoxy) is 2. The second kappa shape index (κ2) is 8.31. The molecule has 6 nitrogen and oxygen atoms in total. The van der Waals surface area contributed by atoms with Crippen LogP contribution in [0, 0.1) is 5.82 Å². The Bertz CT molecular complexity index is 1210. The quantitative estimate of drug-likeness (QED) is 0.607. The zero-order valence-electron chi connectivity index (χ0n) is 16.9. The Hall–Kier alpha value is -4.13. The molecule has 0 atom stereocenters. The Morgan fingerprint density at radius 3 is 2.32 bits per heavy atom. The van der Waals surface area contributed by atoms with E-state index in [0.29, 0.717) is 22.7 Å². The van der Waals surface area contributed by atoms with Crippen molar-refractivity contribution >= 4 is 28.8 Å². The van der Waals surface area contributed by atoms with Crippen LogP contribution in [0.25, 0.3) is 5.57 Å². The molecule has 1 aliphatic heterocycles. The molecular weight excluding hydrogens is 399 g/mol. The molecule has 0 aromatic heterocycles. The maximum absolute atomic E-state index is 14.5. The number of carbonyl (C=O) groups is 2. The van der Waals surface area contributed by atoms with Gasteiger partial charge in [-0.05, 0) is 30.3 Å². The number of nitrogens with zero attached hydrogens (tertiary/aromatic N) is 1. The smallest absolute Gasteiger partial charge is 0.282 e. The van der Waals surface area contributed by atoms with Crippen molar-refractivity contribution in [1.82, 2.24) is 0 Å². The number of hydrogen-bond acceptors (Lipinski definition) is 5. The molecule has 1 heterocycles. The third kappa shape index (κ3) is 3.61. The molecule has 0 radical (unpaired) electrons. The summed E-state index contributed by atoms with van der Waals surface area (Å²) >= 11 is 0. The van der Waals surface area contributed by atoms with E-state index in [4.69, 9.17) is 9.47 Å². The highest BCUT2D eigenvalue weighted by molar-refractivity contribution is 6.46. The average molecular weight is 418 g/mol. The molecule has 0 spiro atoms. The molecule has 31 heavy (non-hydrogen) atoms. The fourth-order valence-electron chi connectivity index (χ4n) is 3.44. The summed E-state index contributed by atoms with van der Waals surface area (Å²) < 4.78 is 25.1. The van der Waals surface area contributed by atoms with Crippen molar-refractivity contribution in [2.75, 3.05) is 24.4 Å². The minimum Gasteiger partial charge on any atom is -0.497 e. The highest BCUT2D eigenvalue weighted by atomic mass is 19.1. The molecule has 3 aromatic rings. The number of carbonyl (C=O) groups excluding carboxylic acids is 2. The number of nitrogens with one attached hydrogen (secondary N) is 1. The second-order valence-corrected chi connectivity index (χ2v) is 6.70. The molecule has 1 aliphatic rings. The normalized spacial score (nSPS) is 13.6. The third-order valence-electron chi connectivity index (χ3n) is 4.89. The van der Waals surface area contributed by atoms with Crippen molar-refractivity contribution in [3.63, 3.8) is 0 Å². The van der Waals surface area contributed by atoms with Crippen LogP contribution in [0.4, 0.5) is 15.8 Å². The number of benzene rings is 3. The fraction of sp³-hybridized carbons (Fsp3) is 0.0833. The van der Waals surface area contributed by atoms with Gasteiger partial charge in [-0.3, -0.25) is 9.59 Å². The Kier molecular flexibility index (Phi) is 5.41. The van der Waals surface area contributed by atoms with E-state index < -0.39 is 17.6 Å². The first-order valence-electron chi connectivity index (χ1n) is 9.47. The van der Waals surface area contributed by atoms with Gasteiger partial charge in [-0.25, -0.2) is 9.29 Å². The fourth-order valence-corrected chi connectivity index (χ4v) is 3.44. The molecule has 0 bridgehead atoms. The molecule has 0 saturated carbocycles. The van der Waals surface area contributed by atoms with Crippen molar-refractivity contribution in [1.29, 1.82) is 0 Å². The van der Waals surface area contributed by atoms with Crippen LogP contribution in [0.2, 0.25) is 0 Å². The highest BCUT2D eigenvalue weighted by Crippen LogP contribution is 2.38. The lowest BCUT2D eigenvalue weighted by molar-refractivity contribution is -0.120. The lowest BCUT2D eigenvalue weighted by Crippen LogP contribution is -2.33. The van der Waals surface area contributed by atoms with Gasteiger partial charge in [0.1, 0.15) is 23.0 Å². The molecule has 0 saturated heterocycles. The molecule has 4 rings (SSSR count). The summed E-state index contributed by atoms with van der Waals surface area (Å²) in [7, 11) is 3.01. The molecular formula is C24H19FN2O4. The number of rotatable bonds is 6. The van der Waals surface area contributed by atoms with Crippen molar-refractivity contribution < 1.29 is 23.5 Å². The minimum absolute atomic E-state index is 0.0195. The number of halogens is 1. The standard InChI is InChI=1S/C24H19FN2O4/c1-30-16-9-7-8-15(14-16)26-22-21(17-10-3-6-13-20(17)31-2)23(28)27(24(22)29)19-12-5-4-11-18(19)25/h3-14,26H,1-2H3. The van der Waals surface area contributed by atoms with Crippen LogP contribution >= 0.6 is 0 Å². The summed E-state index contributed by atoms with van der Waals surface area (Å²) in [6.07, 6.45) is 0. The molecule has 1 N–H and O–H groups in total. The van der Waals surface area contributed by atoms with Crippen molar-refractivity contribution in [3.8, 4) is 11.5 Å². The zero-order chi connectivity index (χ0) is 22.0. The van der Waals surface area contributed by atoms with Crippen LogP contribution in [0.5, 0.6) is 11.5 Å². The van der Waals surface area contributed by atoms with E-state index in [9.17, 15) is 14.0 Å². The number of methoxy groups -OCH3 is 2. The summed E-state index contributed by atoms with van der Waals surface area (Å²) in [5.74, 6) is -0.999. The predicted molar refractivity (Wildman–Crippen MR) is 115 cm³/mol. The van der Waals surface area contributed by atoms with Crippen molar-refractivity contribution in [3.05, 3.63) is 89.9 Å². The van der Waals surface area contributed by atoms with Gasteiger partial charge in [0.05, 0.1) is 25.5 Å². The molecule has 156 valence electrons. The largest absolute Gasteiger partial charge is 0.497 e. The van der Waals surface area contributed by atoms with Gasteiger partial charge in [0.15, 0.2) is 0 Å². The maximum atomic E-state index is 14.5.